The maximum absolute atomic E-state index is 11.0. The number of carboxylic acid groups (broad SMARTS) is 1. The van der Waals surface area contributed by atoms with Gasteiger partial charge in [0, 0.05) is 13.1 Å². The summed E-state index contributed by atoms with van der Waals surface area (Å²) in [5.41, 5.74) is 6.06. The molecule has 4 nitrogen and oxygen atoms in total. The van der Waals surface area contributed by atoms with Gasteiger partial charge in [0.25, 0.3) is 0 Å². The summed E-state index contributed by atoms with van der Waals surface area (Å²) in [6.07, 6.45) is 2.21. The fourth-order valence-corrected chi connectivity index (χ4v) is 2.83. The maximum Gasteiger partial charge on any atom is 0.407 e. The quantitative estimate of drug-likeness (QED) is 0.843. The number of fused-ring (bicyclic) bond motifs is 1. The number of rotatable bonds is 1. The molecule has 0 spiro atoms. The fraction of sp³-hybridized carbons (Fsp3) is 0.400. The molecule has 2 aliphatic heterocycles. The van der Waals surface area contributed by atoms with Gasteiger partial charge < -0.3 is 9.84 Å². The molecule has 0 fully saturated rings. The molecule has 2 aliphatic rings. The smallest absolute Gasteiger partial charge is 0.407 e. The van der Waals surface area contributed by atoms with E-state index in [1.807, 2.05) is 0 Å². The minimum absolute atomic E-state index is 0.502. The first-order valence-electron chi connectivity index (χ1n) is 6.52. The van der Waals surface area contributed by atoms with Crippen LogP contribution in [0.25, 0.3) is 5.57 Å². The van der Waals surface area contributed by atoms with Gasteiger partial charge in [0.15, 0.2) is 0 Å². The van der Waals surface area contributed by atoms with Crippen molar-refractivity contribution in [2.75, 3.05) is 13.2 Å². The highest BCUT2D eigenvalue weighted by molar-refractivity contribution is 5.71. The highest BCUT2D eigenvalue weighted by Gasteiger charge is 2.24. The number of amides is 1. The summed E-state index contributed by atoms with van der Waals surface area (Å²) in [5.74, 6) is 0. The Balaban J connectivity index is 1.95. The van der Waals surface area contributed by atoms with Crippen molar-refractivity contribution in [2.24, 2.45) is 0 Å². The van der Waals surface area contributed by atoms with Gasteiger partial charge in [-0.05, 0) is 47.2 Å². The molecule has 0 saturated heterocycles. The Kier molecular flexibility index (Phi) is 3.03. The average molecular weight is 259 g/mol. The standard InChI is InChI=1S/C15H17NO3/c1-10-6-12-8-16(15(17)18)9-13(12)7-14(10)11-2-4-19-5-3-11/h2,6-7H,3-5,8-9H2,1H3,(H,17,18). The lowest BCUT2D eigenvalue weighted by Gasteiger charge is -2.16. The zero-order valence-electron chi connectivity index (χ0n) is 11.0. The minimum atomic E-state index is -0.847. The first-order valence-corrected chi connectivity index (χ1v) is 6.52. The lowest BCUT2D eigenvalue weighted by atomic mass is 9.93. The molecule has 0 bridgehead atoms. The topological polar surface area (TPSA) is 49.8 Å². The molecule has 1 aromatic rings. The largest absolute Gasteiger partial charge is 0.465 e. The number of carbonyl (C=O) groups is 1. The van der Waals surface area contributed by atoms with Crippen molar-refractivity contribution in [1.29, 1.82) is 0 Å². The predicted octanol–water partition coefficient (Wildman–Crippen LogP) is 2.79. The molecule has 2 heterocycles. The molecule has 4 heteroatoms. The second-order valence-corrected chi connectivity index (χ2v) is 5.13. The number of benzene rings is 1. The van der Waals surface area contributed by atoms with Crippen molar-refractivity contribution in [3.05, 3.63) is 40.5 Å². The summed E-state index contributed by atoms with van der Waals surface area (Å²) < 4.78 is 5.34. The third-order valence-corrected chi connectivity index (χ3v) is 3.85. The Hall–Kier alpha value is -1.81. The number of ether oxygens (including phenoxy) is 1. The van der Waals surface area contributed by atoms with Crippen LogP contribution in [0.3, 0.4) is 0 Å². The normalized spacial score (nSPS) is 18.2. The van der Waals surface area contributed by atoms with Crippen LogP contribution in [-0.2, 0) is 17.8 Å². The van der Waals surface area contributed by atoms with Gasteiger partial charge in [-0.1, -0.05) is 12.1 Å². The lowest BCUT2D eigenvalue weighted by Crippen LogP contribution is -2.22. The van der Waals surface area contributed by atoms with Gasteiger partial charge >= 0.3 is 6.09 Å². The molecule has 1 amide bonds. The first-order chi connectivity index (χ1) is 9.15. The third-order valence-electron chi connectivity index (χ3n) is 3.85. The molecule has 0 aliphatic carbocycles. The van der Waals surface area contributed by atoms with E-state index >= 15 is 0 Å². The lowest BCUT2D eigenvalue weighted by molar-refractivity contribution is 0.145. The zero-order chi connectivity index (χ0) is 13.4. The van der Waals surface area contributed by atoms with E-state index in [-0.39, 0.29) is 0 Å². The van der Waals surface area contributed by atoms with Crippen molar-refractivity contribution in [1.82, 2.24) is 4.90 Å². The maximum atomic E-state index is 11.0. The molecule has 100 valence electrons. The van der Waals surface area contributed by atoms with E-state index in [0.717, 1.165) is 24.2 Å². The Morgan fingerprint density at radius 1 is 1.32 bits per heavy atom. The SMILES string of the molecule is Cc1cc2c(cc1C1=CCOCC1)CN(C(=O)O)C2. The molecule has 3 rings (SSSR count). The van der Waals surface area contributed by atoms with Crippen LogP contribution in [0.4, 0.5) is 4.79 Å². The summed E-state index contributed by atoms with van der Waals surface area (Å²) in [5, 5.41) is 9.07. The van der Waals surface area contributed by atoms with Crippen molar-refractivity contribution in [2.45, 2.75) is 26.4 Å². The molecular weight excluding hydrogens is 242 g/mol. The van der Waals surface area contributed by atoms with Crippen molar-refractivity contribution in [3.63, 3.8) is 0 Å². The van der Waals surface area contributed by atoms with Crippen LogP contribution in [0.1, 0.15) is 28.7 Å². The molecule has 0 atom stereocenters. The van der Waals surface area contributed by atoms with Crippen LogP contribution in [0.15, 0.2) is 18.2 Å². The number of aryl methyl sites for hydroxylation is 1. The highest BCUT2D eigenvalue weighted by Crippen LogP contribution is 2.31. The molecule has 19 heavy (non-hydrogen) atoms. The van der Waals surface area contributed by atoms with E-state index in [4.69, 9.17) is 9.84 Å². The van der Waals surface area contributed by atoms with Crippen LogP contribution in [-0.4, -0.2) is 29.3 Å². The monoisotopic (exact) mass is 259 g/mol. The van der Waals surface area contributed by atoms with E-state index < -0.39 is 6.09 Å². The van der Waals surface area contributed by atoms with E-state index in [1.165, 1.54) is 21.6 Å². The zero-order valence-corrected chi connectivity index (χ0v) is 11.0. The van der Waals surface area contributed by atoms with Gasteiger partial charge in [0.05, 0.1) is 13.2 Å². The van der Waals surface area contributed by atoms with Crippen LogP contribution < -0.4 is 0 Å². The second-order valence-electron chi connectivity index (χ2n) is 5.13. The van der Waals surface area contributed by atoms with Crippen molar-refractivity contribution in [3.8, 4) is 0 Å². The molecular formula is C15H17NO3. The number of hydrogen-bond acceptors (Lipinski definition) is 2. The van der Waals surface area contributed by atoms with Crippen LogP contribution in [0.2, 0.25) is 0 Å². The van der Waals surface area contributed by atoms with Gasteiger partial charge in [-0.2, -0.15) is 0 Å². The van der Waals surface area contributed by atoms with E-state index in [2.05, 4.69) is 25.1 Å². The van der Waals surface area contributed by atoms with Crippen molar-refractivity contribution < 1.29 is 14.6 Å². The number of nitrogens with zero attached hydrogens (tertiary/aromatic N) is 1. The molecule has 0 saturated carbocycles. The molecule has 0 radical (unpaired) electrons. The second kappa shape index (κ2) is 4.70. The van der Waals surface area contributed by atoms with Crippen LogP contribution in [0.5, 0.6) is 0 Å². The van der Waals surface area contributed by atoms with Gasteiger partial charge in [0.1, 0.15) is 0 Å². The number of hydrogen-bond donors (Lipinski definition) is 1. The van der Waals surface area contributed by atoms with Gasteiger partial charge in [-0.15, -0.1) is 0 Å². The van der Waals surface area contributed by atoms with Gasteiger partial charge in [-0.25, -0.2) is 4.79 Å². The Morgan fingerprint density at radius 2 is 2.05 bits per heavy atom. The van der Waals surface area contributed by atoms with Crippen LogP contribution in [0, 0.1) is 6.92 Å². The van der Waals surface area contributed by atoms with E-state index in [0.29, 0.717) is 19.7 Å². The van der Waals surface area contributed by atoms with E-state index in [1.54, 1.807) is 0 Å². The molecule has 1 N–H and O–H groups in total. The van der Waals surface area contributed by atoms with Crippen molar-refractivity contribution >= 4 is 11.7 Å². The summed E-state index contributed by atoms with van der Waals surface area (Å²) >= 11 is 0. The van der Waals surface area contributed by atoms with Crippen LogP contribution >= 0.6 is 0 Å². The fourth-order valence-electron chi connectivity index (χ4n) is 2.83. The molecule has 1 aromatic carbocycles. The average Bonchev–Trinajstić information content (AvgIpc) is 2.82. The minimum Gasteiger partial charge on any atom is -0.465 e. The first kappa shape index (κ1) is 12.2. The summed E-state index contributed by atoms with van der Waals surface area (Å²) in [6, 6.07) is 4.29. The van der Waals surface area contributed by atoms with E-state index in [9.17, 15) is 4.79 Å². The molecule has 0 aromatic heterocycles. The molecule has 0 unspecified atom stereocenters. The highest BCUT2D eigenvalue weighted by atomic mass is 16.5. The van der Waals surface area contributed by atoms with Gasteiger partial charge in [-0.3, -0.25) is 4.90 Å². The summed E-state index contributed by atoms with van der Waals surface area (Å²) in [6.45, 7) is 4.54. The predicted molar refractivity (Wildman–Crippen MR) is 71.9 cm³/mol. The Labute approximate surface area is 112 Å². The Bertz CT molecular complexity index is 563. The third kappa shape index (κ3) is 2.24. The van der Waals surface area contributed by atoms with Gasteiger partial charge in [0.2, 0.25) is 0 Å². The summed E-state index contributed by atoms with van der Waals surface area (Å²) in [4.78, 5) is 12.5. The summed E-state index contributed by atoms with van der Waals surface area (Å²) in [7, 11) is 0. The Morgan fingerprint density at radius 3 is 2.68 bits per heavy atom.